The molecule has 3 aliphatic rings. The highest BCUT2D eigenvalue weighted by Crippen LogP contribution is 2.35. The fraction of sp³-hybridized carbons (Fsp3) is 0.667. The Morgan fingerprint density at radius 3 is 2.25 bits per heavy atom. The summed E-state index contributed by atoms with van der Waals surface area (Å²) in [6.45, 7) is 3.20. The van der Waals surface area contributed by atoms with Crippen LogP contribution in [0, 0.1) is 5.92 Å². The molecule has 1 aromatic rings. The van der Waals surface area contributed by atoms with Gasteiger partial charge in [-0.25, -0.2) is 8.42 Å². The second-order valence-corrected chi connectivity index (χ2v) is 10.2. The molecule has 3 heterocycles. The molecule has 4 rings (SSSR count). The van der Waals surface area contributed by atoms with Crippen molar-refractivity contribution in [2.45, 2.75) is 55.4 Å². The predicted molar refractivity (Wildman–Crippen MR) is 106 cm³/mol. The average Bonchev–Trinajstić information content (AvgIpc) is 2.75. The summed E-state index contributed by atoms with van der Waals surface area (Å²) in [5, 5.41) is 0. The Hall–Kier alpha value is -1.44. The summed E-state index contributed by atoms with van der Waals surface area (Å²) >= 11 is 0. The van der Waals surface area contributed by atoms with Crippen LogP contribution >= 0.6 is 0 Å². The molecule has 1 spiro atoms. The van der Waals surface area contributed by atoms with E-state index < -0.39 is 10.0 Å². The third-order valence-electron chi connectivity index (χ3n) is 6.61. The first-order valence-electron chi connectivity index (χ1n) is 10.5. The maximum absolute atomic E-state index is 13.0. The van der Waals surface area contributed by atoms with E-state index >= 15 is 0 Å². The van der Waals surface area contributed by atoms with Crippen LogP contribution in [0.4, 0.5) is 0 Å². The number of hydrogen-bond acceptors (Lipinski definition) is 4. The zero-order valence-electron chi connectivity index (χ0n) is 16.4. The van der Waals surface area contributed by atoms with Gasteiger partial charge in [0.25, 0.3) is 0 Å². The number of benzene rings is 1. The van der Waals surface area contributed by atoms with Gasteiger partial charge in [-0.2, -0.15) is 4.31 Å². The highest BCUT2D eigenvalue weighted by atomic mass is 32.2. The fourth-order valence-electron chi connectivity index (χ4n) is 4.78. The SMILES string of the molecule is O=C(C1CCN(S(=O)(=O)c2ccccc2)CC1)N1CCC2(CCCCO2)CC1. The minimum absolute atomic E-state index is 0.00214. The topological polar surface area (TPSA) is 66.9 Å². The first-order valence-corrected chi connectivity index (χ1v) is 11.9. The number of sulfonamides is 1. The number of carbonyl (C=O) groups excluding carboxylic acids is 1. The Labute approximate surface area is 167 Å². The minimum Gasteiger partial charge on any atom is -0.375 e. The molecule has 7 heteroatoms. The van der Waals surface area contributed by atoms with Crippen LogP contribution in [-0.4, -0.2) is 61.9 Å². The van der Waals surface area contributed by atoms with E-state index in [1.165, 1.54) is 10.7 Å². The second-order valence-electron chi connectivity index (χ2n) is 8.31. The summed E-state index contributed by atoms with van der Waals surface area (Å²) in [6.07, 6.45) is 6.55. The first kappa shape index (κ1) is 19.9. The summed E-state index contributed by atoms with van der Waals surface area (Å²) in [5.41, 5.74) is 0.00214. The highest BCUT2D eigenvalue weighted by molar-refractivity contribution is 7.89. The van der Waals surface area contributed by atoms with Crippen LogP contribution in [0.25, 0.3) is 0 Å². The van der Waals surface area contributed by atoms with E-state index in [-0.39, 0.29) is 17.4 Å². The van der Waals surface area contributed by atoms with E-state index in [9.17, 15) is 13.2 Å². The molecule has 0 atom stereocenters. The highest BCUT2D eigenvalue weighted by Gasteiger charge is 2.40. The van der Waals surface area contributed by atoms with Crippen LogP contribution < -0.4 is 0 Å². The number of hydrogen-bond donors (Lipinski definition) is 0. The van der Waals surface area contributed by atoms with Crippen LogP contribution in [0.3, 0.4) is 0 Å². The van der Waals surface area contributed by atoms with Crippen molar-refractivity contribution in [1.82, 2.24) is 9.21 Å². The quantitative estimate of drug-likeness (QED) is 0.774. The number of amides is 1. The maximum Gasteiger partial charge on any atom is 0.243 e. The van der Waals surface area contributed by atoms with E-state index in [1.807, 2.05) is 11.0 Å². The van der Waals surface area contributed by atoms with Crippen LogP contribution in [0.5, 0.6) is 0 Å². The smallest absolute Gasteiger partial charge is 0.243 e. The van der Waals surface area contributed by atoms with E-state index in [4.69, 9.17) is 4.74 Å². The Bertz CT molecular complexity index is 772. The number of nitrogens with zero attached hydrogens (tertiary/aromatic N) is 2. The summed E-state index contributed by atoms with van der Waals surface area (Å²) in [6, 6.07) is 8.54. The molecule has 0 radical (unpaired) electrons. The zero-order chi connectivity index (χ0) is 19.6. The van der Waals surface area contributed by atoms with E-state index in [0.717, 1.165) is 45.4 Å². The fourth-order valence-corrected chi connectivity index (χ4v) is 6.27. The minimum atomic E-state index is -3.46. The standard InChI is InChI=1S/C21H30N2O4S/c24-20(22-15-11-21(12-16-22)10-4-5-17-27-21)18-8-13-23(14-9-18)28(25,26)19-6-2-1-3-7-19/h1-3,6-7,18H,4-5,8-17H2. The number of ether oxygens (including phenoxy) is 1. The Balaban J connectivity index is 1.31. The molecule has 0 N–H and O–H groups in total. The largest absolute Gasteiger partial charge is 0.375 e. The zero-order valence-corrected chi connectivity index (χ0v) is 17.2. The normalized spacial score (nSPS) is 24.4. The Morgan fingerprint density at radius 2 is 1.64 bits per heavy atom. The number of likely N-dealkylation sites (tertiary alicyclic amines) is 1. The number of rotatable bonds is 3. The van der Waals surface area contributed by atoms with Gasteiger partial charge >= 0.3 is 0 Å². The Morgan fingerprint density at radius 1 is 0.964 bits per heavy atom. The third kappa shape index (κ3) is 3.98. The van der Waals surface area contributed by atoms with Gasteiger partial charge in [-0.1, -0.05) is 18.2 Å². The molecule has 3 saturated heterocycles. The molecule has 0 bridgehead atoms. The monoisotopic (exact) mass is 406 g/mol. The first-order chi connectivity index (χ1) is 13.5. The van der Waals surface area contributed by atoms with E-state index in [0.29, 0.717) is 30.8 Å². The van der Waals surface area contributed by atoms with Gasteiger partial charge in [0.1, 0.15) is 0 Å². The van der Waals surface area contributed by atoms with Gasteiger partial charge in [0.15, 0.2) is 0 Å². The molecule has 1 amide bonds. The third-order valence-corrected chi connectivity index (χ3v) is 8.52. The van der Waals surface area contributed by atoms with Gasteiger partial charge in [-0.05, 0) is 57.1 Å². The van der Waals surface area contributed by atoms with Crippen LogP contribution in [0.15, 0.2) is 35.2 Å². The lowest BCUT2D eigenvalue weighted by Crippen LogP contribution is -2.51. The molecular weight excluding hydrogens is 376 g/mol. The van der Waals surface area contributed by atoms with E-state index in [1.54, 1.807) is 24.3 Å². The van der Waals surface area contributed by atoms with Crippen molar-refractivity contribution in [2.75, 3.05) is 32.8 Å². The van der Waals surface area contributed by atoms with Crippen molar-refractivity contribution in [3.05, 3.63) is 30.3 Å². The molecular formula is C21H30N2O4S. The van der Waals surface area contributed by atoms with Gasteiger partial charge in [-0.15, -0.1) is 0 Å². The van der Waals surface area contributed by atoms with Crippen LogP contribution in [-0.2, 0) is 19.6 Å². The van der Waals surface area contributed by atoms with Crippen molar-refractivity contribution in [3.8, 4) is 0 Å². The van der Waals surface area contributed by atoms with Crippen molar-refractivity contribution in [3.63, 3.8) is 0 Å². The summed E-state index contributed by atoms with van der Waals surface area (Å²) < 4.78 is 33.1. The van der Waals surface area contributed by atoms with Crippen molar-refractivity contribution in [1.29, 1.82) is 0 Å². The maximum atomic E-state index is 13.0. The van der Waals surface area contributed by atoms with Crippen molar-refractivity contribution < 1.29 is 17.9 Å². The molecule has 0 aromatic heterocycles. The van der Waals surface area contributed by atoms with Crippen LogP contribution in [0.1, 0.15) is 44.9 Å². The van der Waals surface area contributed by atoms with Gasteiger partial charge in [0.05, 0.1) is 10.5 Å². The van der Waals surface area contributed by atoms with Gasteiger partial charge in [0, 0.05) is 38.7 Å². The van der Waals surface area contributed by atoms with Crippen molar-refractivity contribution in [2.24, 2.45) is 5.92 Å². The average molecular weight is 407 g/mol. The second kappa shape index (κ2) is 8.13. The van der Waals surface area contributed by atoms with E-state index in [2.05, 4.69) is 0 Å². The summed E-state index contributed by atoms with van der Waals surface area (Å²) in [7, 11) is -3.46. The number of carbonyl (C=O) groups is 1. The molecule has 1 aromatic carbocycles. The van der Waals surface area contributed by atoms with Gasteiger partial charge in [0.2, 0.25) is 15.9 Å². The molecule has 0 aliphatic carbocycles. The molecule has 0 unspecified atom stereocenters. The Kier molecular flexibility index (Phi) is 5.76. The predicted octanol–water partition coefficient (Wildman–Crippen LogP) is 2.65. The molecule has 0 saturated carbocycles. The number of piperidine rings is 2. The van der Waals surface area contributed by atoms with Gasteiger partial charge < -0.3 is 9.64 Å². The van der Waals surface area contributed by atoms with Crippen molar-refractivity contribution >= 4 is 15.9 Å². The lowest BCUT2D eigenvalue weighted by molar-refractivity contribution is -0.147. The molecule has 3 fully saturated rings. The summed E-state index contributed by atoms with van der Waals surface area (Å²) in [4.78, 5) is 15.3. The molecule has 3 aliphatic heterocycles. The summed E-state index contributed by atoms with van der Waals surface area (Å²) in [5.74, 6) is 0.131. The molecule has 6 nitrogen and oxygen atoms in total. The molecule has 28 heavy (non-hydrogen) atoms. The van der Waals surface area contributed by atoms with Gasteiger partial charge in [-0.3, -0.25) is 4.79 Å². The lowest BCUT2D eigenvalue weighted by Gasteiger charge is -2.45. The van der Waals surface area contributed by atoms with Crippen LogP contribution in [0.2, 0.25) is 0 Å². The lowest BCUT2D eigenvalue weighted by atomic mass is 9.84. The molecule has 154 valence electrons.